The van der Waals surface area contributed by atoms with E-state index in [1.54, 1.807) is 12.1 Å². The summed E-state index contributed by atoms with van der Waals surface area (Å²) >= 11 is 0. The number of carbonyl (C=O) groups excluding carboxylic acids is 2. The van der Waals surface area contributed by atoms with Crippen LogP contribution in [0.15, 0.2) is 24.3 Å². The standard InChI is InChI=1S/C24H37FO4/c1-2-3-4-5-6-7-8-9-10-11-12-19-28-23(26)17-18-24(27)29-20-21-13-15-22(25)16-14-21/h13-16H,2-12,17-20H2,1H3. The maximum atomic E-state index is 12.8. The van der Waals surface area contributed by atoms with E-state index in [-0.39, 0.29) is 31.2 Å². The molecule has 0 fully saturated rings. The van der Waals surface area contributed by atoms with Crippen LogP contribution in [0.2, 0.25) is 0 Å². The second-order valence-corrected chi connectivity index (χ2v) is 7.54. The first-order valence-electron chi connectivity index (χ1n) is 11.2. The molecule has 1 aromatic carbocycles. The van der Waals surface area contributed by atoms with Gasteiger partial charge in [0.25, 0.3) is 0 Å². The van der Waals surface area contributed by atoms with E-state index in [0.717, 1.165) is 12.8 Å². The van der Waals surface area contributed by atoms with Gasteiger partial charge in [0.05, 0.1) is 19.4 Å². The summed E-state index contributed by atoms with van der Waals surface area (Å²) in [6.07, 6.45) is 13.8. The monoisotopic (exact) mass is 408 g/mol. The fourth-order valence-electron chi connectivity index (χ4n) is 3.05. The molecular formula is C24H37FO4. The number of hydrogen-bond donors (Lipinski definition) is 0. The quantitative estimate of drug-likeness (QED) is 0.218. The number of halogens is 1. The van der Waals surface area contributed by atoms with Gasteiger partial charge in [-0.25, -0.2) is 4.39 Å². The molecule has 0 amide bonds. The predicted octanol–water partition coefficient (Wildman–Crippen LogP) is 6.50. The van der Waals surface area contributed by atoms with Crippen molar-refractivity contribution in [3.8, 4) is 0 Å². The van der Waals surface area contributed by atoms with Crippen LogP contribution in [0.3, 0.4) is 0 Å². The van der Waals surface area contributed by atoms with Gasteiger partial charge in [-0.05, 0) is 24.1 Å². The average Bonchev–Trinajstić information content (AvgIpc) is 2.72. The Hall–Kier alpha value is -1.91. The molecule has 1 aromatic rings. The highest BCUT2D eigenvalue weighted by Crippen LogP contribution is 2.11. The predicted molar refractivity (Wildman–Crippen MR) is 113 cm³/mol. The number of carbonyl (C=O) groups is 2. The Morgan fingerprint density at radius 1 is 0.724 bits per heavy atom. The van der Waals surface area contributed by atoms with Gasteiger partial charge in [-0.15, -0.1) is 0 Å². The zero-order valence-corrected chi connectivity index (χ0v) is 17.9. The first-order valence-corrected chi connectivity index (χ1v) is 11.2. The lowest BCUT2D eigenvalue weighted by atomic mass is 10.1. The van der Waals surface area contributed by atoms with Gasteiger partial charge >= 0.3 is 11.9 Å². The SMILES string of the molecule is CCCCCCCCCCCCCOC(=O)CCC(=O)OCc1ccc(F)cc1. The molecule has 4 nitrogen and oxygen atoms in total. The number of ether oxygens (including phenoxy) is 2. The maximum absolute atomic E-state index is 12.8. The summed E-state index contributed by atoms with van der Waals surface area (Å²) in [5.74, 6) is -1.16. The lowest BCUT2D eigenvalue weighted by Crippen LogP contribution is -2.11. The summed E-state index contributed by atoms with van der Waals surface area (Å²) in [4.78, 5) is 23.3. The third-order valence-corrected chi connectivity index (χ3v) is 4.86. The van der Waals surface area contributed by atoms with E-state index in [9.17, 15) is 14.0 Å². The molecule has 0 heterocycles. The lowest BCUT2D eigenvalue weighted by molar-refractivity contribution is -0.151. The summed E-state index contributed by atoms with van der Waals surface area (Å²) < 4.78 is 23.0. The second-order valence-electron chi connectivity index (χ2n) is 7.54. The summed E-state index contributed by atoms with van der Waals surface area (Å²) in [6, 6.07) is 5.75. The molecule has 0 aromatic heterocycles. The highest BCUT2D eigenvalue weighted by molar-refractivity contribution is 5.77. The Labute approximate surface area is 175 Å². The third kappa shape index (κ3) is 14.7. The van der Waals surface area contributed by atoms with Gasteiger partial charge in [0.15, 0.2) is 0 Å². The largest absolute Gasteiger partial charge is 0.466 e. The van der Waals surface area contributed by atoms with Crippen molar-refractivity contribution in [1.29, 1.82) is 0 Å². The second kappa shape index (κ2) is 17.0. The lowest BCUT2D eigenvalue weighted by Gasteiger charge is -2.06. The molecular weight excluding hydrogens is 371 g/mol. The van der Waals surface area contributed by atoms with Crippen LogP contribution in [-0.4, -0.2) is 18.5 Å². The number of benzene rings is 1. The molecule has 0 unspecified atom stereocenters. The molecule has 0 aliphatic heterocycles. The van der Waals surface area contributed by atoms with Crippen LogP contribution in [-0.2, 0) is 25.7 Å². The first kappa shape index (κ1) is 25.1. The average molecular weight is 409 g/mol. The van der Waals surface area contributed by atoms with Crippen molar-refractivity contribution in [3.63, 3.8) is 0 Å². The molecule has 0 saturated heterocycles. The van der Waals surface area contributed by atoms with Crippen molar-refractivity contribution in [1.82, 2.24) is 0 Å². The normalized spacial score (nSPS) is 10.7. The Kier molecular flexibility index (Phi) is 14.7. The van der Waals surface area contributed by atoms with Crippen LogP contribution < -0.4 is 0 Å². The Bertz CT molecular complexity index is 557. The van der Waals surface area contributed by atoms with Crippen molar-refractivity contribution in [2.75, 3.05) is 6.61 Å². The van der Waals surface area contributed by atoms with Gasteiger partial charge in [-0.2, -0.15) is 0 Å². The van der Waals surface area contributed by atoms with Crippen LogP contribution in [0.4, 0.5) is 4.39 Å². The highest BCUT2D eigenvalue weighted by Gasteiger charge is 2.09. The van der Waals surface area contributed by atoms with E-state index in [1.807, 2.05) is 0 Å². The number of hydrogen-bond acceptors (Lipinski definition) is 4. The summed E-state index contributed by atoms with van der Waals surface area (Å²) in [7, 11) is 0. The van der Waals surface area contributed by atoms with Crippen molar-refractivity contribution in [2.24, 2.45) is 0 Å². The highest BCUT2D eigenvalue weighted by atomic mass is 19.1. The molecule has 1 rings (SSSR count). The summed E-state index contributed by atoms with van der Waals surface area (Å²) in [5, 5.41) is 0. The molecule has 0 bridgehead atoms. The van der Waals surface area contributed by atoms with Crippen LogP contribution in [0.5, 0.6) is 0 Å². The fourth-order valence-corrected chi connectivity index (χ4v) is 3.05. The molecule has 29 heavy (non-hydrogen) atoms. The molecule has 0 N–H and O–H groups in total. The molecule has 0 atom stereocenters. The van der Waals surface area contributed by atoms with Gasteiger partial charge in [0, 0.05) is 0 Å². The minimum atomic E-state index is -0.457. The van der Waals surface area contributed by atoms with E-state index >= 15 is 0 Å². The van der Waals surface area contributed by atoms with Gasteiger partial charge in [0.1, 0.15) is 12.4 Å². The fraction of sp³-hybridized carbons (Fsp3) is 0.667. The Balaban J connectivity index is 1.89. The smallest absolute Gasteiger partial charge is 0.306 e. The Morgan fingerprint density at radius 3 is 1.76 bits per heavy atom. The van der Waals surface area contributed by atoms with Gasteiger partial charge in [0.2, 0.25) is 0 Å². The zero-order chi connectivity index (χ0) is 21.2. The molecule has 0 aliphatic rings. The van der Waals surface area contributed by atoms with Gasteiger partial charge in [-0.3, -0.25) is 9.59 Å². The maximum Gasteiger partial charge on any atom is 0.306 e. The number of rotatable bonds is 17. The summed E-state index contributed by atoms with van der Waals surface area (Å²) in [6.45, 7) is 2.73. The van der Waals surface area contributed by atoms with E-state index in [2.05, 4.69) is 6.92 Å². The van der Waals surface area contributed by atoms with Crippen LogP contribution in [0, 0.1) is 5.82 Å². The topological polar surface area (TPSA) is 52.6 Å². The van der Waals surface area contributed by atoms with E-state index in [4.69, 9.17) is 9.47 Å². The molecule has 5 heteroatoms. The first-order chi connectivity index (χ1) is 14.1. The minimum absolute atomic E-state index is 0.00170. The van der Waals surface area contributed by atoms with Crippen LogP contribution in [0.25, 0.3) is 0 Å². The van der Waals surface area contributed by atoms with Crippen molar-refractivity contribution < 1.29 is 23.5 Å². The third-order valence-electron chi connectivity index (χ3n) is 4.86. The molecule has 164 valence electrons. The number of unbranched alkanes of at least 4 members (excludes halogenated alkanes) is 10. The van der Waals surface area contributed by atoms with Crippen LogP contribution in [0.1, 0.15) is 96.0 Å². The van der Waals surface area contributed by atoms with Crippen molar-refractivity contribution >= 4 is 11.9 Å². The summed E-state index contributed by atoms with van der Waals surface area (Å²) in [5.41, 5.74) is 0.707. The molecule has 0 aliphatic carbocycles. The van der Waals surface area contributed by atoms with Crippen molar-refractivity contribution in [2.45, 2.75) is 97.0 Å². The molecule has 0 spiro atoms. The molecule has 0 radical (unpaired) electrons. The zero-order valence-electron chi connectivity index (χ0n) is 17.9. The molecule has 0 saturated carbocycles. The Morgan fingerprint density at radius 2 is 1.21 bits per heavy atom. The minimum Gasteiger partial charge on any atom is -0.466 e. The van der Waals surface area contributed by atoms with E-state index < -0.39 is 5.97 Å². The van der Waals surface area contributed by atoms with Gasteiger partial charge in [-0.1, -0.05) is 83.3 Å². The van der Waals surface area contributed by atoms with Crippen LogP contribution >= 0.6 is 0 Å². The van der Waals surface area contributed by atoms with E-state index in [1.165, 1.54) is 69.9 Å². The van der Waals surface area contributed by atoms with Gasteiger partial charge < -0.3 is 9.47 Å². The van der Waals surface area contributed by atoms with E-state index in [0.29, 0.717) is 12.2 Å². The van der Waals surface area contributed by atoms with Crippen molar-refractivity contribution in [3.05, 3.63) is 35.6 Å². The number of esters is 2.